The topological polar surface area (TPSA) is 79.5 Å². The maximum Gasteiger partial charge on any atom is 0.416 e. The third kappa shape index (κ3) is 6.79. The molecular formula is C24H20F3N3O3S. The number of benzene rings is 3. The largest absolute Gasteiger partial charge is 0.494 e. The van der Waals surface area contributed by atoms with Crippen molar-refractivity contribution in [3.8, 4) is 5.75 Å². The first kappa shape index (κ1) is 24.7. The van der Waals surface area contributed by atoms with E-state index in [0.29, 0.717) is 23.6 Å². The molecule has 3 aromatic rings. The van der Waals surface area contributed by atoms with Crippen LogP contribution in [0.5, 0.6) is 5.75 Å². The fraction of sp³-hybridized carbons (Fsp3) is 0.125. The van der Waals surface area contributed by atoms with Gasteiger partial charge >= 0.3 is 6.18 Å². The summed E-state index contributed by atoms with van der Waals surface area (Å²) in [7, 11) is 0. The molecule has 0 aliphatic rings. The van der Waals surface area contributed by atoms with Gasteiger partial charge in [0.05, 0.1) is 12.2 Å². The van der Waals surface area contributed by atoms with Crippen LogP contribution in [0.25, 0.3) is 0 Å². The lowest BCUT2D eigenvalue weighted by Gasteiger charge is -2.12. The van der Waals surface area contributed by atoms with Gasteiger partial charge in [0.25, 0.3) is 11.8 Å². The third-order valence-corrected chi connectivity index (χ3v) is 4.67. The van der Waals surface area contributed by atoms with Crippen molar-refractivity contribution in [3.63, 3.8) is 0 Å². The minimum atomic E-state index is -4.52. The van der Waals surface area contributed by atoms with E-state index < -0.39 is 23.6 Å². The van der Waals surface area contributed by atoms with Gasteiger partial charge in [0.2, 0.25) is 0 Å². The molecule has 0 aromatic heterocycles. The standard InChI is InChI=1S/C24H20F3N3O3S/c1-2-33-20-11-4-7-16(13-20)22(32)30-23(34)29-18-9-3-6-15(12-18)21(31)28-19-10-5-8-17(14-19)24(25,26)27/h3-14H,2H2,1H3,(H,28,31)(H2,29,30,32,34). The first-order valence-corrected chi connectivity index (χ1v) is 10.5. The molecule has 176 valence electrons. The summed E-state index contributed by atoms with van der Waals surface area (Å²) in [6.45, 7) is 2.29. The molecular weight excluding hydrogens is 467 g/mol. The molecule has 10 heteroatoms. The molecule has 0 bridgehead atoms. The lowest BCUT2D eigenvalue weighted by Crippen LogP contribution is -2.34. The smallest absolute Gasteiger partial charge is 0.416 e. The number of rotatable bonds is 6. The van der Waals surface area contributed by atoms with Crippen LogP contribution in [0.1, 0.15) is 33.2 Å². The molecule has 0 unspecified atom stereocenters. The van der Waals surface area contributed by atoms with Crippen LogP contribution in [0.4, 0.5) is 24.5 Å². The lowest BCUT2D eigenvalue weighted by molar-refractivity contribution is -0.137. The molecule has 3 aromatic carbocycles. The Kier molecular flexibility index (Phi) is 7.85. The molecule has 0 saturated carbocycles. The Bertz CT molecular complexity index is 1220. The van der Waals surface area contributed by atoms with Crippen LogP contribution in [0, 0.1) is 0 Å². The highest BCUT2D eigenvalue weighted by molar-refractivity contribution is 7.80. The van der Waals surface area contributed by atoms with E-state index in [-0.39, 0.29) is 16.4 Å². The Hall–Kier alpha value is -3.92. The van der Waals surface area contributed by atoms with Gasteiger partial charge in [0.1, 0.15) is 5.75 Å². The van der Waals surface area contributed by atoms with Crippen molar-refractivity contribution < 1.29 is 27.5 Å². The Balaban J connectivity index is 1.64. The number of halogens is 3. The molecule has 0 spiro atoms. The van der Waals surface area contributed by atoms with Crippen LogP contribution in [0.3, 0.4) is 0 Å². The van der Waals surface area contributed by atoms with Crippen molar-refractivity contribution >= 4 is 40.5 Å². The zero-order valence-electron chi connectivity index (χ0n) is 17.9. The number of nitrogens with one attached hydrogen (secondary N) is 3. The molecule has 34 heavy (non-hydrogen) atoms. The predicted molar refractivity (Wildman–Crippen MR) is 127 cm³/mol. The van der Waals surface area contributed by atoms with Crippen molar-refractivity contribution in [1.82, 2.24) is 5.32 Å². The summed E-state index contributed by atoms with van der Waals surface area (Å²) in [5, 5.41) is 7.79. The summed E-state index contributed by atoms with van der Waals surface area (Å²) in [4.78, 5) is 25.0. The van der Waals surface area contributed by atoms with Gasteiger partial charge in [0.15, 0.2) is 5.11 Å². The number of amides is 2. The van der Waals surface area contributed by atoms with Crippen LogP contribution in [-0.4, -0.2) is 23.5 Å². The highest BCUT2D eigenvalue weighted by Crippen LogP contribution is 2.30. The van der Waals surface area contributed by atoms with Crippen LogP contribution in [0.15, 0.2) is 72.8 Å². The number of carbonyl (C=O) groups is 2. The van der Waals surface area contributed by atoms with Crippen LogP contribution < -0.4 is 20.7 Å². The molecule has 0 fully saturated rings. The monoisotopic (exact) mass is 487 g/mol. The Labute approximate surface area is 199 Å². The van der Waals surface area contributed by atoms with E-state index in [4.69, 9.17) is 17.0 Å². The third-order valence-electron chi connectivity index (χ3n) is 4.46. The van der Waals surface area contributed by atoms with Gasteiger partial charge < -0.3 is 15.4 Å². The van der Waals surface area contributed by atoms with Gasteiger partial charge in [-0.2, -0.15) is 13.2 Å². The maximum atomic E-state index is 12.9. The molecule has 0 saturated heterocycles. The Morgan fingerprint density at radius 2 is 1.47 bits per heavy atom. The molecule has 2 amide bonds. The average molecular weight is 488 g/mol. The SMILES string of the molecule is CCOc1cccc(C(=O)NC(=S)Nc2cccc(C(=O)Nc3cccc(C(F)(F)F)c3)c2)c1. The summed E-state index contributed by atoms with van der Waals surface area (Å²) in [5.74, 6) is -0.503. The molecule has 0 aliphatic carbocycles. The molecule has 0 atom stereocenters. The Morgan fingerprint density at radius 1 is 0.853 bits per heavy atom. The summed E-state index contributed by atoms with van der Waals surface area (Å²) in [5.41, 5.74) is 0.0826. The summed E-state index contributed by atoms with van der Waals surface area (Å²) in [6, 6.07) is 17.1. The number of ether oxygens (including phenoxy) is 1. The molecule has 6 nitrogen and oxygen atoms in total. The van der Waals surface area contributed by atoms with Gasteiger partial charge in [-0.25, -0.2) is 0 Å². The lowest BCUT2D eigenvalue weighted by atomic mass is 10.1. The van der Waals surface area contributed by atoms with Gasteiger partial charge in [-0.15, -0.1) is 0 Å². The van der Waals surface area contributed by atoms with E-state index in [1.165, 1.54) is 24.3 Å². The zero-order valence-corrected chi connectivity index (χ0v) is 18.7. The number of anilines is 2. The summed E-state index contributed by atoms with van der Waals surface area (Å²) >= 11 is 5.18. The fourth-order valence-corrected chi connectivity index (χ4v) is 3.16. The average Bonchev–Trinajstić information content (AvgIpc) is 2.79. The predicted octanol–water partition coefficient (Wildman–Crippen LogP) is 5.48. The molecule has 0 heterocycles. The van der Waals surface area contributed by atoms with Gasteiger partial charge in [0, 0.05) is 22.5 Å². The first-order chi connectivity index (χ1) is 16.2. The highest BCUT2D eigenvalue weighted by Gasteiger charge is 2.30. The first-order valence-electron chi connectivity index (χ1n) is 10.1. The summed E-state index contributed by atoms with van der Waals surface area (Å²) < 4.78 is 44.0. The molecule has 0 radical (unpaired) electrons. The van der Waals surface area contributed by atoms with E-state index in [9.17, 15) is 22.8 Å². The second-order valence-electron chi connectivity index (χ2n) is 6.98. The highest BCUT2D eigenvalue weighted by atomic mass is 32.1. The van der Waals surface area contributed by atoms with Gasteiger partial charge in [-0.1, -0.05) is 18.2 Å². The quantitative estimate of drug-likeness (QED) is 0.401. The number of thiocarbonyl (C=S) groups is 1. The molecule has 0 aliphatic heterocycles. The maximum absolute atomic E-state index is 12.9. The van der Waals surface area contributed by atoms with E-state index in [0.717, 1.165) is 12.1 Å². The van der Waals surface area contributed by atoms with Crippen molar-refractivity contribution in [1.29, 1.82) is 0 Å². The van der Waals surface area contributed by atoms with Crippen LogP contribution >= 0.6 is 12.2 Å². The van der Waals surface area contributed by atoms with Crippen molar-refractivity contribution in [2.45, 2.75) is 13.1 Å². The second-order valence-corrected chi connectivity index (χ2v) is 7.39. The number of hydrogen-bond acceptors (Lipinski definition) is 4. The van der Waals surface area contributed by atoms with Crippen molar-refractivity contribution in [2.75, 3.05) is 17.2 Å². The Morgan fingerprint density at radius 3 is 2.15 bits per heavy atom. The van der Waals surface area contributed by atoms with Crippen LogP contribution in [-0.2, 0) is 6.18 Å². The van der Waals surface area contributed by atoms with E-state index in [1.54, 1.807) is 36.4 Å². The van der Waals surface area contributed by atoms with E-state index >= 15 is 0 Å². The number of alkyl halides is 3. The van der Waals surface area contributed by atoms with Crippen molar-refractivity contribution in [2.24, 2.45) is 0 Å². The van der Waals surface area contributed by atoms with Gasteiger partial charge in [-0.3, -0.25) is 14.9 Å². The second kappa shape index (κ2) is 10.8. The number of hydrogen-bond donors (Lipinski definition) is 3. The van der Waals surface area contributed by atoms with Crippen LogP contribution in [0.2, 0.25) is 0 Å². The van der Waals surface area contributed by atoms with Gasteiger partial charge in [-0.05, 0) is 73.7 Å². The number of carbonyl (C=O) groups excluding carboxylic acids is 2. The van der Waals surface area contributed by atoms with E-state index in [1.807, 2.05) is 6.92 Å². The minimum absolute atomic E-state index is 0.00208. The van der Waals surface area contributed by atoms with E-state index in [2.05, 4.69) is 16.0 Å². The fourth-order valence-electron chi connectivity index (χ4n) is 2.95. The summed E-state index contributed by atoms with van der Waals surface area (Å²) in [6.07, 6.45) is -4.52. The molecule has 3 N–H and O–H groups in total. The minimum Gasteiger partial charge on any atom is -0.494 e. The normalized spacial score (nSPS) is 10.8. The molecule has 3 rings (SSSR count). The zero-order chi connectivity index (χ0) is 24.7. The van der Waals surface area contributed by atoms with Crippen molar-refractivity contribution in [3.05, 3.63) is 89.5 Å².